The van der Waals surface area contributed by atoms with Gasteiger partial charge in [0, 0.05) is 13.5 Å². The fourth-order valence-corrected chi connectivity index (χ4v) is 2.19. The molecule has 126 valence electrons. The van der Waals surface area contributed by atoms with Crippen LogP contribution in [0.15, 0.2) is 0 Å². The summed E-state index contributed by atoms with van der Waals surface area (Å²) in [5.41, 5.74) is 0. The van der Waals surface area contributed by atoms with Crippen LogP contribution in [0, 0.1) is 5.92 Å². The Bertz CT molecular complexity index is 232. The molecule has 4 heteroatoms. The van der Waals surface area contributed by atoms with E-state index in [0.29, 0.717) is 0 Å². The Kier molecular flexibility index (Phi) is 15.3. The van der Waals surface area contributed by atoms with E-state index in [1.807, 2.05) is 0 Å². The molecule has 0 aliphatic heterocycles. The van der Waals surface area contributed by atoms with Gasteiger partial charge in [0.05, 0.1) is 0 Å². The van der Waals surface area contributed by atoms with E-state index < -0.39 is 0 Å². The third-order valence-electron chi connectivity index (χ3n) is 3.50. The lowest BCUT2D eigenvalue weighted by Gasteiger charge is -2.07. The average molecular weight is 300 g/mol. The summed E-state index contributed by atoms with van der Waals surface area (Å²) in [5, 5.41) is 9.79. The molecule has 0 aliphatic rings. The second kappa shape index (κ2) is 15.8. The predicted octanol–water partition coefficient (Wildman–Crippen LogP) is 2.69. The molecule has 0 heterocycles. The lowest BCUT2D eigenvalue weighted by molar-refractivity contribution is -0.118. The lowest BCUT2D eigenvalue weighted by Crippen LogP contribution is -2.23. The molecule has 1 amide bonds. The molecule has 0 radical (unpaired) electrons. The van der Waals surface area contributed by atoms with Crippen LogP contribution in [-0.2, 0) is 4.79 Å². The van der Waals surface area contributed by atoms with Crippen LogP contribution < -0.4 is 16.0 Å². The van der Waals surface area contributed by atoms with Crippen molar-refractivity contribution < 1.29 is 4.79 Å². The van der Waals surface area contributed by atoms with E-state index in [1.54, 1.807) is 6.92 Å². The van der Waals surface area contributed by atoms with Crippen LogP contribution >= 0.6 is 0 Å². The van der Waals surface area contributed by atoms with Gasteiger partial charge in [-0.2, -0.15) is 0 Å². The number of rotatable bonds is 15. The highest BCUT2D eigenvalue weighted by molar-refractivity contribution is 5.72. The van der Waals surface area contributed by atoms with Crippen LogP contribution in [0.1, 0.15) is 65.7 Å². The van der Waals surface area contributed by atoms with Gasteiger partial charge in [-0.15, -0.1) is 0 Å². The van der Waals surface area contributed by atoms with Crippen LogP contribution in [0.2, 0.25) is 0 Å². The van der Waals surface area contributed by atoms with Crippen LogP contribution in [-0.4, -0.2) is 38.6 Å². The SMILES string of the molecule is CC(=O)NCCCCNCCCCNCCCCC(C)C. The van der Waals surface area contributed by atoms with E-state index in [1.165, 1.54) is 38.6 Å². The van der Waals surface area contributed by atoms with Gasteiger partial charge in [-0.1, -0.05) is 26.7 Å². The van der Waals surface area contributed by atoms with Gasteiger partial charge in [-0.05, 0) is 64.2 Å². The monoisotopic (exact) mass is 299 g/mol. The third-order valence-corrected chi connectivity index (χ3v) is 3.50. The molecular formula is C17H37N3O. The number of nitrogens with one attached hydrogen (secondary N) is 3. The Labute approximate surface area is 131 Å². The van der Waals surface area contributed by atoms with Crippen molar-refractivity contribution in [2.45, 2.75) is 65.7 Å². The van der Waals surface area contributed by atoms with Gasteiger partial charge in [-0.3, -0.25) is 4.79 Å². The van der Waals surface area contributed by atoms with Crippen molar-refractivity contribution in [3.05, 3.63) is 0 Å². The van der Waals surface area contributed by atoms with Crippen molar-refractivity contribution in [2.24, 2.45) is 5.92 Å². The van der Waals surface area contributed by atoms with E-state index in [-0.39, 0.29) is 5.91 Å². The Morgan fingerprint density at radius 3 is 1.62 bits per heavy atom. The number of amides is 1. The second-order valence-electron chi connectivity index (χ2n) is 6.29. The molecule has 0 saturated carbocycles. The molecule has 0 spiro atoms. The van der Waals surface area contributed by atoms with Crippen molar-refractivity contribution in [1.82, 2.24) is 16.0 Å². The maximum absolute atomic E-state index is 10.7. The molecule has 0 bridgehead atoms. The van der Waals surface area contributed by atoms with Gasteiger partial charge in [0.15, 0.2) is 0 Å². The van der Waals surface area contributed by atoms with Gasteiger partial charge in [0.25, 0.3) is 0 Å². The minimum absolute atomic E-state index is 0.0691. The standard InChI is InChI=1S/C17H37N3O/c1-16(2)10-4-5-11-18-12-6-7-13-19-14-8-9-15-20-17(3)21/h16,18-19H,4-15H2,1-3H3,(H,20,21). The van der Waals surface area contributed by atoms with Gasteiger partial charge in [0.2, 0.25) is 5.91 Å². The molecule has 0 unspecified atom stereocenters. The first-order valence-electron chi connectivity index (χ1n) is 8.78. The topological polar surface area (TPSA) is 53.2 Å². The maximum Gasteiger partial charge on any atom is 0.216 e. The molecule has 0 aromatic carbocycles. The lowest BCUT2D eigenvalue weighted by atomic mass is 10.1. The smallest absolute Gasteiger partial charge is 0.216 e. The number of carbonyl (C=O) groups excluding carboxylic acids is 1. The van der Waals surface area contributed by atoms with E-state index in [9.17, 15) is 4.79 Å². The Balaban J connectivity index is 2.98. The Morgan fingerprint density at radius 1 is 0.762 bits per heavy atom. The van der Waals surface area contributed by atoms with Crippen molar-refractivity contribution in [3.63, 3.8) is 0 Å². The molecule has 0 aromatic rings. The van der Waals surface area contributed by atoms with Crippen molar-refractivity contribution in [3.8, 4) is 0 Å². The largest absolute Gasteiger partial charge is 0.356 e. The summed E-state index contributed by atoms with van der Waals surface area (Å²) in [6.07, 6.45) is 8.70. The molecule has 0 aromatic heterocycles. The first kappa shape index (κ1) is 20.4. The molecule has 21 heavy (non-hydrogen) atoms. The fourth-order valence-electron chi connectivity index (χ4n) is 2.19. The molecule has 0 fully saturated rings. The summed E-state index contributed by atoms with van der Waals surface area (Å²) in [6, 6.07) is 0. The third kappa shape index (κ3) is 19.4. The molecule has 0 atom stereocenters. The van der Waals surface area contributed by atoms with Gasteiger partial charge in [0.1, 0.15) is 0 Å². The van der Waals surface area contributed by atoms with Crippen LogP contribution in [0.3, 0.4) is 0 Å². The van der Waals surface area contributed by atoms with Gasteiger partial charge in [-0.25, -0.2) is 0 Å². The number of hydrogen-bond donors (Lipinski definition) is 3. The highest BCUT2D eigenvalue weighted by Gasteiger charge is 1.95. The highest BCUT2D eigenvalue weighted by Crippen LogP contribution is 2.04. The molecule has 4 nitrogen and oxygen atoms in total. The first-order chi connectivity index (χ1) is 10.1. The number of hydrogen-bond acceptors (Lipinski definition) is 3. The summed E-state index contributed by atoms with van der Waals surface area (Å²) < 4.78 is 0. The van der Waals surface area contributed by atoms with E-state index in [0.717, 1.165) is 44.9 Å². The Hall–Kier alpha value is -0.610. The average Bonchev–Trinajstić information content (AvgIpc) is 2.42. The zero-order valence-electron chi connectivity index (χ0n) is 14.5. The van der Waals surface area contributed by atoms with Crippen molar-refractivity contribution in [1.29, 1.82) is 0 Å². The summed E-state index contributed by atoms with van der Waals surface area (Å²) in [5.74, 6) is 0.911. The molecule has 0 aliphatic carbocycles. The molecular weight excluding hydrogens is 262 g/mol. The normalized spacial score (nSPS) is 11.0. The summed E-state index contributed by atoms with van der Waals surface area (Å²) in [4.78, 5) is 10.7. The van der Waals surface area contributed by atoms with Crippen LogP contribution in [0.25, 0.3) is 0 Å². The predicted molar refractivity (Wildman–Crippen MR) is 91.6 cm³/mol. The van der Waals surface area contributed by atoms with E-state index in [4.69, 9.17) is 0 Å². The fraction of sp³-hybridized carbons (Fsp3) is 0.941. The van der Waals surface area contributed by atoms with Crippen LogP contribution in [0.4, 0.5) is 0 Å². The van der Waals surface area contributed by atoms with Gasteiger partial charge >= 0.3 is 0 Å². The number of unbranched alkanes of at least 4 members (excludes halogenated alkanes) is 3. The quantitative estimate of drug-likeness (QED) is 0.408. The summed E-state index contributed by atoms with van der Waals surface area (Å²) >= 11 is 0. The zero-order chi connectivity index (χ0) is 15.8. The zero-order valence-corrected chi connectivity index (χ0v) is 14.5. The second-order valence-corrected chi connectivity index (χ2v) is 6.29. The maximum atomic E-state index is 10.7. The van der Waals surface area contributed by atoms with Crippen molar-refractivity contribution in [2.75, 3.05) is 32.7 Å². The summed E-state index contributed by atoms with van der Waals surface area (Å²) in [6.45, 7) is 11.4. The van der Waals surface area contributed by atoms with Crippen molar-refractivity contribution >= 4 is 5.91 Å². The van der Waals surface area contributed by atoms with Gasteiger partial charge < -0.3 is 16.0 Å². The highest BCUT2D eigenvalue weighted by atomic mass is 16.1. The Morgan fingerprint density at radius 2 is 1.19 bits per heavy atom. The first-order valence-corrected chi connectivity index (χ1v) is 8.78. The molecule has 3 N–H and O–H groups in total. The van der Waals surface area contributed by atoms with Crippen LogP contribution in [0.5, 0.6) is 0 Å². The van der Waals surface area contributed by atoms with E-state index >= 15 is 0 Å². The molecule has 0 saturated heterocycles. The molecule has 0 rings (SSSR count). The van der Waals surface area contributed by atoms with E-state index in [2.05, 4.69) is 29.8 Å². The summed E-state index contributed by atoms with van der Waals surface area (Å²) in [7, 11) is 0. The number of carbonyl (C=O) groups is 1. The minimum Gasteiger partial charge on any atom is -0.356 e. The minimum atomic E-state index is 0.0691.